The fourth-order valence-corrected chi connectivity index (χ4v) is 1.77. The second-order valence-electron chi connectivity index (χ2n) is 3.78. The maximum Gasteiger partial charge on any atom is 0.276 e. The Hall–Kier alpha value is -2.08. The molecule has 0 radical (unpaired) electrons. The number of carbonyl (C=O) groups excluding carboxylic acids is 1. The molecule has 2 N–H and O–H groups in total. The molecule has 1 amide bonds. The van der Waals surface area contributed by atoms with Crippen molar-refractivity contribution in [2.24, 2.45) is 0 Å². The lowest BCUT2D eigenvalue weighted by atomic mass is 10.1. The highest BCUT2D eigenvalue weighted by Crippen LogP contribution is 2.27. The fourth-order valence-electron chi connectivity index (χ4n) is 1.57. The molecule has 0 unspecified atom stereocenters. The monoisotopic (exact) mass is 264 g/mol. The lowest BCUT2D eigenvalue weighted by molar-refractivity contribution is -0.121. The minimum absolute atomic E-state index is 0.0537. The van der Waals surface area contributed by atoms with Crippen LogP contribution in [0.1, 0.15) is 5.56 Å². The van der Waals surface area contributed by atoms with E-state index in [2.05, 4.69) is 5.32 Å². The van der Waals surface area contributed by atoms with E-state index < -0.39 is 0 Å². The molecular formula is C12H12N2O3S. The van der Waals surface area contributed by atoms with E-state index in [-0.39, 0.29) is 11.7 Å². The number of nitrogens with zero attached hydrogens (tertiary/aromatic N) is 1. The van der Waals surface area contributed by atoms with Gasteiger partial charge < -0.3 is 15.2 Å². The Morgan fingerprint density at radius 3 is 2.78 bits per heavy atom. The molecule has 1 aromatic rings. The predicted molar refractivity (Wildman–Crippen MR) is 71.1 cm³/mol. The molecule has 0 spiro atoms. The number of amides is 1. The van der Waals surface area contributed by atoms with Gasteiger partial charge in [0.25, 0.3) is 5.91 Å². The molecule has 94 valence electrons. The number of thiocarbonyl (C=S) groups is 1. The number of hydrogen-bond acceptors (Lipinski definition) is 4. The van der Waals surface area contributed by atoms with Crippen LogP contribution in [-0.4, -0.2) is 35.2 Å². The van der Waals surface area contributed by atoms with Crippen LogP contribution in [0.5, 0.6) is 11.5 Å². The molecule has 1 aliphatic heterocycles. The first-order chi connectivity index (χ1) is 8.52. The molecule has 2 rings (SSSR count). The van der Waals surface area contributed by atoms with Crippen molar-refractivity contribution in [2.75, 3.05) is 14.2 Å². The van der Waals surface area contributed by atoms with Crippen molar-refractivity contribution in [3.05, 3.63) is 29.5 Å². The fraction of sp³-hybridized carbons (Fsp3) is 0.167. The van der Waals surface area contributed by atoms with Gasteiger partial charge in [0, 0.05) is 7.05 Å². The number of phenols is 1. The lowest BCUT2D eigenvalue weighted by Gasteiger charge is -2.04. The summed E-state index contributed by atoms with van der Waals surface area (Å²) in [5, 5.41) is 12.7. The smallest absolute Gasteiger partial charge is 0.276 e. The van der Waals surface area contributed by atoms with Crippen LogP contribution >= 0.6 is 12.2 Å². The zero-order valence-electron chi connectivity index (χ0n) is 9.93. The third-order valence-electron chi connectivity index (χ3n) is 2.60. The maximum atomic E-state index is 11.8. The predicted octanol–water partition coefficient (Wildman–Crippen LogP) is 1.09. The van der Waals surface area contributed by atoms with Crippen LogP contribution < -0.4 is 10.1 Å². The third-order valence-corrected chi connectivity index (χ3v) is 2.97. The highest BCUT2D eigenvalue weighted by molar-refractivity contribution is 7.80. The average Bonchev–Trinajstić information content (AvgIpc) is 2.59. The van der Waals surface area contributed by atoms with Crippen molar-refractivity contribution in [3.8, 4) is 11.5 Å². The normalized spacial score (nSPS) is 17.2. The number of nitrogens with one attached hydrogen (secondary N) is 1. The Morgan fingerprint density at radius 2 is 2.22 bits per heavy atom. The Labute approximate surface area is 110 Å². The van der Waals surface area contributed by atoms with E-state index in [0.717, 1.165) is 5.56 Å². The lowest BCUT2D eigenvalue weighted by Crippen LogP contribution is -2.25. The highest BCUT2D eigenvalue weighted by Gasteiger charge is 2.26. The van der Waals surface area contributed by atoms with Crippen molar-refractivity contribution in [2.45, 2.75) is 0 Å². The molecule has 5 nitrogen and oxygen atoms in total. The quantitative estimate of drug-likeness (QED) is 0.618. The van der Waals surface area contributed by atoms with E-state index in [4.69, 9.17) is 17.0 Å². The van der Waals surface area contributed by atoms with Crippen molar-refractivity contribution in [3.63, 3.8) is 0 Å². The Kier molecular flexibility index (Phi) is 3.20. The molecule has 1 heterocycles. The summed E-state index contributed by atoms with van der Waals surface area (Å²) in [6.45, 7) is 0. The largest absolute Gasteiger partial charge is 0.504 e. The summed E-state index contributed by atoms with van der Waals surface area (Å²) in [6.07, 6.45) is 1.65. The van der Waals surface area contributed by atoms with E-state index in [1.165, 1.54) is 18.1 Å². The first-order valence-corrected chi connectivity index (χ1v) is 5.61. The van der Waals surface area contributed by atoms with E-state index in [1.807, 2.05) is 0 Å². The van der Waals surface area contributed by atoms with E-state index in [0.29, 0.717) is 16.6 Å². The second kappa shape index (κ2) is 4.66. The van der Waals surface area contributed by atoms with Crippen LogP contribution in [0.4, 0.5) is 0 Å². The highest BCUT2D eigenvalue weighted by atomic mass is 32.1. The molecule has 0 saturated carbocycles. The number of phenolic OH excluding ortho intramolecular Hbond substituents is 1. The average molecular weight is 264 g/mol. The third kappa shape index (κ3) is 2.14. The number of aromatic hydroxyl groups is 1. The van der Waals surface area contributed by atoms with Gasteiger partial charge in [0.1, 0.15) is 5.70 Å². The maximum absolute atomic E-state index is 11.8. The minimum atomic E-state index is -0.188. The van der Waals surface area contributed by atoms with Crippen molar-refractivity contribution < 1.29 is 14.6 Å². The zero-order valence-corrected chi connectivity index (χ0v) is 10.7. The Balaban J connectivity index is 2.34. The van der Waals surface area contributed by atoms with Gasteiger partial charge in [-0.25, -0.2) is 0 Å². The number of rotatable bonds is 2. The second-order valence-corrected chi connectivity index (χ2v) is 4.17. The summed E-state index contributed by atoms with van der Waals surface area (Å²) in [5.41, 5.74) is 1.13. The molecule has 6 heteroatoms. The SMILES string of the molecule is COc1cc(C=C2NC(=S)N(C)C2=O)ccc1O. The first kappa shape index (κ1) is 12.4. The molecule has 0 atom stereocenters. The minimum Gasteiger partial charge on any atom is -0.504 e. The number of ether oxygens (including phenoxy) is 1. The number of likely N-dealkylation sites (N-methyl/N-ethyl adjacent to an activating group) is 1. The van der Waals surface area contributed by atoms with Crippen molar-refractivity contribution >= 4 is 29.3 Å². The summed E-state index contributed by atoms with van der Waals surface area (Å²) in [7, 11) is 3.07. The van der Waals surface area contributed by atoms with Crippen LogP contribution in [-0.2, 0) is 4.79 Å². The number of carbonyl (C=O) groups is 1. The zero-order chi connectivity index (χ0) is 13.3. The summed E-state index contributed by atoms with van der Waals surface area (Å²) in [6, 6.07) is 4.83. The summed E-state index contributed by atoms with van der Waals surface area (Å²) in [5.74, 6) is 0.218. The van der Waals surface area contributed by atoms with Crippen LogP contribution in [0.3, 0.4) is 0 Å². The molecule has 1 aromatic carbocycles. The van der Waals surface area contributed by atoms with Gasteiger partial charge in [-0.3, -0.25) is 9.69 Å². The van der Waals surface area contributed by atoms with Crippen LogP contribution in [0.25, 0.3) is 6.08 Å². The van der Waals surface area contributed by atoms with Gasteiger partial charge in [-0.15, -0.1) is 0 Å². The van der Waals surface area contributed by atoms with Gasteiger partial charge >= 0.3 is 0 Å². The molecule has 18 heavy (non-hydrogen) atoms. The van der Waals surface area contributed by atoms with Gasteiger partial charge in [-0.1, -0.05) is 6.07 Å². The van der Waals surface area contributed by atoms with Gasteiger partial charge in [0.15, 0.2) is 16.6 Å². The van der Waals surface area contributed by atoms with Crippen molar-refractivity contribution in [1.82, 2.24) is 10.2 Å². The number of hydrogen-bond donors (Lipinski definition) is 2. The Morgan fingerprint density at radius 1 is 1.50 bits per heavy atom. The number of benzene rings is 1. The Bertz CT molecular complexity index is 554. The van der Waals surface area contributed by atoms with Gasteiger partial charge in [-0.2, -0.15) is 0 Å². The van der Waals surface area contributed by atoms with Gasteiger partial charge in [-0.05, 0) is 36.0 Å². The molecule has 0 aromatic heterocycles. The summed E-state index contributed by atoms with van der Waals surface area (Å²) in [4.78, 5) is 13.1. The summed E-state index contributed by atoms with van der Waals surface area (Å²) < 4.78 is 5.00. The number of methoxy groups -OCH3 is 1. The van der Waals surface area contributed by atoms with Gasteiger partial charge in [0.05, 0.1) is 7.11 Å². The van der Waals surface area contributed by atoms with Crippen LogP contribution in [0.2, 0.25) is 0 Å². The molecule has 0 bridgehead atoms. The van der Waals surface area contributed by atoms with E-state index in [1.54, 1.807) is 25.3 Å². The van der Waals surface area contributed by atoms with Crippen molar-refractivity contribution in [1.29, 1.82) is 0 Å². The molecule has 0 aliphatic carbocycles. The van der Waals surface area contributed by atoms with Crippen LogP contribution in [0, 0.1) is 0 Å². The molecular weight excluding hydrogens is 252 g/mol. The molecule has 1 saturated heterocycles. The van der Waals surface area contributed by atoms with E-state index in [9.17, 15) is 9.90 Å². The molecule has 1 aliphatic rings. The van der Waals surface area contributed by atoms with Crippen LogP contribution in [0.15, 0.2) is 23.9 Å². The summed E-state index contributed by atoms with van der Waals surface area (Å²) >= 11 is 4.97. The van der Waals surface area contributed by atoms with Gasteiger partial charge in [0.2, 0.25) is 0 Å². The standard InChI is InChI=1S/C12H12N2O3S/c1-14-11(16)8(13-12(14)18)5-7-3-4-9(15)10(6-7)17-2/h3-6,15H,1-2H3,(H,13,18). The first-order valence-electron chi connectivity index (χ1n) is 5.20. The van der Waals surface area contributed by atoms with E-state index >= 15 is 0 Å². The molecule has 1 fully saturated rings. The topological polar surface area (TPSA) is 61.8 Å².